The fourth-order valence-corrected chi connectivity index (χ4v) is 1.48. The minimum atomic E-state index is -0.0307. The number of aromatic nitrogens is 4. The third-order valence-corrected chi connectivity index (χ3v) is 2.37. The molecule has 0 saturated heterocycles. The maximum atomic E-state index is 4.58. The lowest BCUT2D eigenvalue weighted by Crippen LogP contribution is -2.17. The van der Waals surface area contributed by atoms with Crippen LogP contribution in [0.25, 0.3) is 11.2 Å². The van der Waals surface area contributed by atoms with Gasteiger partial charge in [-0.1, -0.05) is 27.7 Å². The van der Waals surface area contributed by atoms with Gasteiger partial charge in [-0.25, -0.2) is 15.0 Å². The molecule has 2 rings (SSSR count). The van der Waals surface area contributed by atoms with Gasteiger partial charge in [-0.3, -0.25) is 0 Å². The Balaban J connectivity index is 2.69. The second-order valence-corrected chi connectivity index (χ2v) is 4.70. The Morgan fingerprint density at radius 1 is 1.27 bits per heavy atom. The maximum absolute atomic E-state index is 4.58. The molecule has 0 radical (unpaired) electrons. The van der Waals surface area contributed by atoms with Crippen LogP contribution in [-0.4, -0.2) is 19.9 Å². The molecule has 0 spiro atoms. The molecule has 1 N–H and O–H groups in total. The van der Waals surface area contributed by atoms with E-state index in [0.29, 0.717) is 0 Å². The summed E-state index contributed by atoms with van der Waals surface area (Å²) in [6.07, 6.45) is 2.56. The largest absolute Gasteiger partial charge is 0.342 e. The summed E-state index contributed by atoms with van der Waals surface area (Å²) >= 11 is 0. The highest BCUT2D eigenvalue weighted by atomic mass is 15.0. The smallest absolute Gasteiger partial charge is 0.181 e. The Morgan fingerprint density at radius 2 is 2.00 bits per heavy atom. The molecule has 0 aliphatic carbocycles. The van der Waals surface area contributed by atoms with Gasteiger partial charge in [-0.15, -0.1) is 0 Å². The van der Waals surface area contributed by atoms with Crippen molar-refractivity contribution in [3.05, 3.63) is 17.8 Å². The third kappa shape index (κ3) is 1.71. The van der Waals surface area contributed by atoms with Gasteiger partial charge in [-0.2, -0.15) is 0 Å². The van der Waals surface area contributed by atoms with Crippen LogP contribution in [-0.2, 0) is 11.8 Å². The normalized spacial score (nSPS) is 12.3. The Hall–Kier alpha value is -1.45. The van der Waals surface area contributed by atoms with Crippen molar-refractivity contribution in [1.29, 1.82) is 0 Å². The number of aromatic amines is 1. The number of imidazole rings is 1. The standard InChI is InChI=1S/C11H16N4/c1-5-7-8-9(13-6-12-8)15-10(14-7)11(2,3)4/h6H,5H2,1-4H3,(H,12,13,14,15). The summed E-state index contributed by atoms with van der Waals surface area (Å²) in [5.74, 6) is 0.860. The number of hydrogen-bond acceptors (Lipinski definition) is 3. The van der Waals surface area contributed by atoms with Gasteiger partial charge in [0, 0.05) is 5.41 Å². The molecule has 4 nitrogen and oxygen atoms in total. The third-order valence-electron chi connectivity index (χ3n) is 2.37. The predicted octanol–water partition coefficient (Wildman–Crippen LogP) is 2.21. The number of H-pyrrole nitrogens is 1. The molecule has 0 saturated carbocycles. The first-order valence-corrected chi connectivity index (χ1v) is 5.23. The van der Waals surface area contributed by atoms with Gasteiger partial charge in [0.2, 0.25) is 0 Å². The zero-order chi connectivity index (χ0) is 11.1. The Labute approximate surface area is 89.2 Å². The molecule has 0 aliphatic heterocycles. The van der Waals surface area contributed by atoms with Crippen molar-refractivity contribution in [2.45, 2.75) is 39.5 Å². The summed E-state index contributed by atoms with van der Waals surface area (Å²) in [7, 11) is 0. The molecule has 0 aromatic carbocycles. The molecule has 0 fully saturated rings. The van der Waals surface area contributed by atoms with Gasteiger partial charge in [0.25, 0.3) is 0 Å². The number of aryl methyl sites for hydroxylation is 1. The maximum Gasteiger partial charge on any atom is 0.181 e. The highest BCUT2D eigenvalue weighted by Gasteiger charge is 2.19. The Morgan fingerprint density at radius 3 is 2.60 bits per heavy atom. The lowest BCUT2D eigenvalue weighted by molar-refractivity contribution is 0.545. The summed E-state index contributed by atoms with van der Waals surface area (Å²) in [4.78, 5) is 16.3. The minimum Gasteiger partial charge on any atom is -0.342 e. The first kappa shape index (κ1) is 10.1. The van der Waals surface area contributed by atoms with Crippen molar-refractivity contribution >= 4 is 11.2 Å². The van der Waals surface area contributed by atoms with Crippen molar-refractivity contribution in [2.75, 3.05) is 0 Å². The molecule has 80 valence electrons. The minimum absolute atomic E-state index is 0.0307. The van der Waals surface area contributed by atoms with Crippen LogP contribution in [0.1, 0.15) is 39.2 Å². The molecule has 2 aromatic heterocycles. The summed E-state index contributed by atoms with van der Waals surface area (Å²) in [6.45, 7) is 8.43. The molecular weight excluding hydrogens is 188 g/mol. The van der Waals surface area contributed by atoms with Crippen molar-refractivity contribution in [1.82, 2.24) is 19.9 Å². The van der Waals surface area contributed by atoms with E-state index < -0.39 is 0 Å². The van der Waals surface area contributed by atoms with E-state index >= 15 is 0 Å². The summed E-state index contributed by atoms with van der Waals surface area (Å²) < 4.78 is 0. The van der Waals surface area contributed by atoms with E-state index in [1.54, 1.807) is 6.33 Å². The number of rotatable bonds is 1. The Kier molecular flexibility index (Phi) is 2.21. The molecule has 2 heterocycles. The summed E-state index contributed by atoms with van der Waals surface area (Å²) in [5.41, 5.74) is 2.75. The number of nitrogens with zero attached hydrogens (tertiary/aromatic N) is 3. The number of fused-ring (bicyclic) bond motifs is 1. The quantitative estimate of drug-likeness (QED) is 0.774. The monoisotopic (exact) mass is 204 g/mol. The molecule has 0 atom stereocenters. The molecule has 0 amide bonds. The SMILES string of the molecule is CCc1nc(C(C)(C)C)nc2nc[nH]c12. The zero-order valence-electron chi connectivity index (χ0n) is 9.63. The van der Waals surface area contributed by atoms with Crippen LogP contribution in [0.2, 0.25) is 0 Å². The van der Waals surface area contributed by atoms with E-state index in [-0.39, 0.29) is 5.41 Å². The molecular formula is C11H16N4. The van der Waals surface area contributed by atoms with Crippen LogP contribution >= 0.6 is 0 Å². The van der Waals surface area contributed by atoms with E-state index in [2.05, 4.69) is 47.6 Å². The predicted molar refractivity (Wildman–Crippen MR) is 59.8 cm³/mol. The van der Waals surface area contributed by atoms with Crippen molar-refractivity contribution < 1.29 is 0 Å². The van der Waals surface area contributed by atoms with Crippen molar-refractivity contribution in [2.24, 2.45) is 0 Å². The van der Waals surface area contributed by atoms with Gasteiger partial charge in [-0.05, 0) is 6.42 Å². The van der Waals surface area contributed by atoms with Gasteiger partial charge in [0.1, 0.15) is 11.3 Å². The van der Waals surface area contributed by atoms with Crippen LogP contribution in [0.15, 0.2) is 6.33 Å². The summed E-state index contributed by atoms with van der Waals surface area (Å²) in [6, 6.07) is 0. The molecule has 0 aliphatic rings. The van der Waals surface area contributed by atoms with Crippen molar-refractivity contribution in [3.63, 3.8) is 0 Å². The number of hydrogen-bond donors (Lipinski definition) is 1. The first-order valence-electron chi connectivity index (χ1n) is 5.23. The van der Waals surface area contributed by atoms with E-state index in [4.69, 9.17) is 0 Å². The topological polar surface area (TPSA) is 54.5 Å². The zero-order valence-corrected chi connectivity index (χ0v) is 9.63. The van der Waals surface area contributed by atoms with E-state index in [9.17, 15) is 0 Å². The van der Waals surface area contributed by atoms with Gasteiger partial charge >= 0.3 is 0 Å². The lowest BCUT2D eigenvalue weighted by Gasteiger charge is -2.16. The highest BCUT2D eigenvalue weighted by molar-refractivity contribution is 5.72. The van der Waals surface area contributed by atoms with Crippen LogP contribution in [0, 0.1) is 0 Å². The van der Waals surface area contributed by atoms with Crippen LogP contribution in [0.4, 0.5) is 0 Å². The number of nitrogens with one attached hydrogen (secondary N) is 1. The van der Waals surface area contributed by atoms with Gasteiger partial charge in [0.15, 0.2) is 5.65 Å². The molecule has 15 heavy (non-hydrogen) atoms. The van der Waals surface area contributed by atoms with Crippen LogP contribution in [0.3, 0.4) is 0 Å². The molecule has 0 unspecified atom stereocenters. The average molecular weight is 204 g/mol. The van der Waals surface area contributed by atoms with Gasteiger partial charge in [0.05, 0.1) is 12.0 Å². The van der Waals surface area contributed by atoms with E-state index in [0.717, 1.165) is 29.1 Å². The first-order chi connectivity index (χ1) is 7.02. The molecule has 2 aromatic rings. The average Bonchev–Trinajstić information content (AvgIpc) is 2.62. The fourth-order valence-electron chi connectivity index (χ4n) is 1.48. The highest BCUT2D eigenvalue weighted by Crippen LogP contribution is 2.21. The summed E-state index contributed by atoms with van der Waals surface area (Å²) in [5, 5.41) is 0. The van der Waals surface area contributed by atoms with E-state index in [1.807, 2.05) is 0 Å². The molecule has 0 bridgehead atoms. The second-order valence-electron chi connectivity index (χ2n) is 4.70. The van der Waals surface area contributed by atoms with Crippen LogP contribution in [0.5, 0.6) is 0 Å². The van der Waals surface area contributed by atoms with Crippen LogP contribution < -0.4 is 0 Å². The molecule has 4 heteroatoms. The lowest BCUT2D eigenvalue weighted by atomic mass is 9.95. The second kappa shape index (κ2) is 3.29. The Bertz CT molecular complexity index is 479. The van der Waals surface area contributed by atoms with Crippen molar-refractivity contribution in [3.8, 4) is 0 Å². The fraction of sp³-hybridized carbons (Fsp3) is 0.545. The van der Waals surface area contributed by atoms with E-state index in [1.165, 1.54) is 0 Å². The van der Waals surface area contributed by atoms with Gasteiger partial charge < -0.3 is 4.98 Å².